The fraction of sp³-hybridized carbons (Fsp3) is 0.300. The quantitative estimate of drug-likeness (QED) is 0.271. The van der Waals surface area contributed by atoms with Gasteiger partial charge in [0.25, 0.3) is 0 Å². The summed E-state index contributed by atoms with van der Waals surface area (Å²) in [6, 6.07) is 2.87. The Morgan fingerprint density at radius 3 is 1.78 bits per heavy atom. The molecular weight excluding hydrogens is 456 g/mol. The van der Waals surface area contributed by atoms with Gasteiger partial charge in [0, 0.05) is 22.3 Å². The molecule has 3 aromatic rings. The monoisotopic (exact) mass is 490 g/mol. The lowest BCUT2D eigenvalue weighted by atomic mass is 9.94. The van der Waals surface area contributed by atoms with Crippen LogP contribution < -0.4 is 5.43 Å². The van der Waals surface area contributed by atoms with Crippen molar-refractivity contribution in [2.75, 3.05) is 0 Å². The highest BCUT2D eigenvalue weighted by molar-refractivity contribution is 5.93. The van der Waals surface area contributed by atoms with Gasteiger partial charge in [0.15, 0.2) is 0 Å². The topological polar surface area (TPSA) is 111 Å². The first kappa shape index (κ1) is 26.7. The third-order valence-corrected chi connectivity index (χ3v) is 6.05. The first-order chi connectivity index (χ1) is 16.9. The maximum atomic E-state index is 13.7. The van der Waals surface area contributed by atoms with Crippen molar-refractivity contribution in [3.8, 4) is 34.1 Å². The van der Waals surface area contributed by atoms with Gasteiger partial charge in [-0.2, -0.15) is 0 Å². The van der Waals surface area contributed by atoms with Gasteiger partial charge < -0.3 is 24.8 Å². The molecule has 1 heterocycles. The summed E-state index contributed by atoms with van der Waals surface area (Å²) in [4.78, 5) is 13.7. The summed E-state index contributed by atoms with van der Waals surface area (Å²) in [5.74, 6) is -0.770. The lowest BCUT2D eigenvalue weighted by Crippen LogP contribution is -2.08. The summed E-state index contributed by atoms with van der Waals surface area (Å²) in [6.45, 7) is 11.5. The third kappa shape index (κ3) is 5.33. The lowest BCUT2D eigenvalue weighted by Gasteiger charge is -2.15. The van der Waals surface area contributed by atoms with Crippen LogP contribution in [0.5, 0.6) is 23.0 Å². The maximum Gasteiger partial charge on any atom is 0.204 e. The molecule has 190 valence electrons. The number of hydrogen-bond acceptors (Lipinski definition) is 6. The van der Waals surface area contributed by atoms with Crippen molar-refractivity contribution >= 4 is 11.0 Å². The Morgan fingerprint density at radius 2 is 1.22 bits per heavy atom. The van der Waals surface area contributed by atoms with Crippen LogP contribution in [-0.2, 0) is 19.3 Å². The number of hydrogen-bond donors (Lipinski definition) is 4. The van der Waals surface area contributed by atoms with E-state index in [2.05, 4.69) is 0 Å². The zero-order valence-electron chi connectivity index (χ0n) is 21.7. The molecule has 3 rings (SSSR count). The molecular formula is C30H34O6. The second-order valence-corrected chi connectivity index (χ2v) is 9.75. The molecule has 0 saturated heterocycles. The van der Waals surface area contributed by atoms with Crippen molar-refractivity contribution in [1.29, 1.82) is 0 Å². The van der Waals surface area contributed by atoms with Crippen LogP contribution >= 0.6 is 0 Å². The predicted octanol–water partition coefficient (Wildman–Crippen LogP) is 6.81. The van der Waals surface area contributed by atoms with Gasteiger partial charge in [0.2, 0.25) is 5.43 Å². The third-order valence-electron chi connectivity index (χ3n) is 6.05. The average Bonchev–Trinajstić information content (AvgIpc) is 2.78. The van der Waals surface area contributed by atoms with Crippen LogP contribution in [0.1, 0.15) is 58.2 Å². The van der Waals surface area contributed by atoms with E-state index in [4.69, 9.17) is 4.42 Å². The van der Waals surface area contributed by atoms with Crippen LogP contribution in [0.4, 0.5) is 0 Å². The minimum Gasteiger partial charge on any atom is -0.508 e. The average molecular weight is 491 g/mol. The van der Waals surface area contributed by atoms with Crippen molar-refractivity contribution in [2.24, 2.45) is 0 Å². The van der Waals surface area contributed by atoms with E-state index in [0.29, 0.717) is 12.0 Å². The number of phenolic OH excluding ortho intramolecular Hbond substituents is 4. The smallest absolute Gasteiger partial charge is 0.204 e. The summed E-state index contributed by atoms with van der Waals surface area (Å²) in [7, 11) is 0. The van der Waals surface area contributed by atoms with Gasteiger partial charge in [-0.15, -0.1) is 0 Å². The van der Waals surface area contributed by atoms with Gasteiger partial charge in [0.05, 0.1) is 5.56 Å². The second kappa shape index (κ2) is 10.8. The van der Waals surface area contributed by atoms with Crippen LogP contribution in [0.2, 0.25) is 0 Å². The number of benzene rings is 2. The van der Waals surface area contributed by atoms with Crippen LogP contribution in [0, 0.1) is 0 Å². The largest absolute Gasteiger partial charge is 0.508 e. The minimum absolute atomic E-state index is 0.0424. The molecule has 6 nitrogen and oxygen atoms in total. The minimum atomic E-state index is -0.542. The number of rotatable bonds is 7. The molecule has 4 N–H and O–H groups in total. The molecule has 36 heavy (non-hydrogen) atoms. The summed E-state index contributed by atoms with van der Waals surface area (Å²) in [5.41, 5.74) is 3.76. The van der Waals surface area contributed by atoms with Crippen molar-refractivity contribution in [3.05, 3.63) is 80.3 Å². The summed E-state index contributed by atoms with van der Waals surface area (Å²) in [5, 5.41) is 43.4. The van der Waals surface area contributed by atoms with E-state index in [1.54, 1.807) is 0 Å². The van der Waals surface area contributed by atoms with E-state index in [1.807, 2.05) is 59.8 Å². The Labute approximate surface area is 211 Å². The van der Waals surface area contributed by atoms with Gasteiger partial charge >= 0.3 is 0 Å². The van der Waals surface area contributed by atoms with E-state index in [1.165, 1.54) is 18.4 Å². The number of allylic oxidation sites excluding steroid dienone is 6. The van der Waals surface area contributed by atoms with E-state index >= 15 is 0 Å². The Bertz CT molecular complexity index is 1460. The maximum absolute atomic E-state index is 13.7. The summed E-state index contributed by atoms with van der Waals surface area (Å²) < 4.78 is 5.86. The SMILES string of the molecule is CC(C)=CCc1c(O)ccc(-c2coc3c(CC=C(C)C)c(O)c(CC=C(C)C)c(O)c3c2=O)c1O. The molecule has 0 atom stereocenters. The number of phenols is 4. The van der Waals surface area contributed by atoms with Gasteiger partial charge in [-0.25, -0.2) is 0 Å². The first-order valence-electron chi connectivity index (χ1n) is 11.9. The van der Waals surface area contributed by atoms with Gasteiger partial charge in [0.1, 0.15) is 40.2 Å². The molecule has 0 radical (unpaired) electrons. The molecule has 2 aromatic carbocycles. The van der Waals surface area contributed by atoms with Crippen molar-refractivity contribution in [3.63, 3.8) is 0 Å². The van der Waals surface area contributed by atoms with E-state index in [0.717, 1.165) is 16.7 Å². The molecule has 0 unspecified atom stereocenters. The second-order valence-electron chi connectivity index (χ2n) is 9.75. The molecule has 6 heteroatoms. The molecule has 0 aliphatic rings. The highest BCUT2D eigenvalue weighted by Gasteiger charge is 2.25. The molecule has 0 aliphatic heterocycles. The molecule has 0 spiro atoms. The van der Waals surface area contributed by atoms with E-state index < -0.39 is 5.43 Å². The van der Waals surface area contributed by atoms with Crippen molar-refractivity contribution in [1.82, 2.24) is 0 Å². The van der Waals surface area contributed by atoms with E-state index in [9.17, 15) is 25.2 Å². The Balaban J connectivity index is 2.36. The van der Waals surface area contributed by atoms with Crippen LogP contribution in [-0.4, -0.2) is 20.4 Å². The van der Waals surface area contributed by atoms with Crippen molar-refractivity contribution in [2.45, 2.75) is 60.8 Å². The van der Waals surface area contributed by atoms with Crippen molar-refractivity contribution < 1.29 is 24.8 Å². The standard InChI is InChI=1S/C30H34O6/c1-16(2)7-10-20-24(31)14-13-19(26(20)32)23-15-36-30-22(12-9-18(5)6)27(33)21(11-8-17(3)4)28(34)25(30)29(23)35/h7-9,13-15,31-34H,10-12H2,1-6H3. The van der Waals surface area contributed by atoms with Crippen LogP contribution in [0.3, 0.4) is 0 Å². The molecule has 0 fully saturated rings. The lowest BCUT2D eigenvalue weighted by molar-refractivity contribution is 0.437. The zero-order chi connectivity index (χ0) is 26.7. The fourth-order valence-corrected chi connectivity index (χ4v) is 3.99. The summed E-state index contributed by atoms with van der Waals surface area (Å²) in [6.07, 6.45) is 7.68. The predicted molar refractivity (Wildman–Crippen MR) is 144 cm³/mol. The fourth-order valence-electron chi connectivity index (χ4n) is 3.99. The Hall–Kier alpha value is -3.93. The normalized spacial score (nSPS) is 10.8. The zero-order valence-corrected chi connectivity index (χ0v) is 21.7. The van der Waals surface area contributed by atoms with Gasteiger partial charge in [-0.1, -0.05) is 34.9 Å². The van der Waals surface area contributed by atoms with Crippen LogP contribution in [0.25, 0.3) is 22.1 Å². The molecule has 0 bridgehead atoms. The highest BCUT2D eigenvalue weighted by atomic mass is 16.3. The molecule has 0 amide bonds. The van der Waals surface area contributed by atoms with Gasteiger partial charge in [-0.05, 0) is 72.9 Å². The molecule has 0 saturated carbocycles. The highest BCUT2D eigenvalue weighted by Crippen LogP contribution is 2.42. The summed E-state index contributed by atoms with van der Waals surface area (Å²) >= 11 is 0. The Morgan fingerprint density at radius 1 is 0.694 bits per heavy atom. The number of aromatic hydroxyl groups is 4. The van der Waals surface area contributed by atoms with E-state index in [-0.39, 0.29) is 69.1 Å². The molecule has 0 aliphatic carbocycles. The first-order valence-corrected chi connectivity index (χ1v) is 11.9. The van der Waals surface area contributed by atoms with Gasteiger partial charge in [-0.3, -0.25) is 4.79 Å². The number of fused-ring (bicyclic) bond motifs is 1. The Kier molecular flexibility index (Phi) is 7.98. The molecule has 1 aromatic heterocycles. The van der Waals surface area contributed by atoms with Crippen LogP contribution in [0.15, 0.2) is 62.6 Å².